The number of nitrogens with zero attached hydrogens (tertiary/aromatic N) is 2. The molecular formula is C18H29BrN4O2. The van der Waals surface area contributed by atoms with Crippen LogP contribution in [-0.2, 0) is 4.79 Å². The van der Waals surface area contributed by atoms with Gasteiger partial charge in [-0.15, -0.1) is 0 Å². The highest BCUT2D eigenvalue weighted by Crippen LogP contribution is 2.27. The lowest BCUT2D eigenvalue weighted by Gasteiger charge is -2.32. The number of rotatable bonds is 5. The summed E-state index contributed by atoms with van der Waals surface area (Å²) in [5.41, 5.74) is 1.36. The summed E-state index contributed by atoms with van der Waals surface area (Å²) in [6.45, 7) is 11.5. The number of likely N-dealkylation sites (tertiary alicyclic amines) is 1. The topological polar surface area (TPSA) is 78.1 Å². The highest BCUT2D eigenvalue weighted by Gasteiger charge is 2.31. The average molecular weight is 413 g/mol. The van der Waals surface area contributed by atoms with Crippen molar-refractivity contribution < 1.29 is 9.59 Å². The van der Waals surface area contributed by atoms with Crippen molar-refractivity contribution in [3.8, 4) is 0 Å². The number of nitrogens with one attached hydrogen (secondary N) is 2. The zero-order chi connectivity index (χ0) is 18.7. The quantitative estimate of drug-likeness (QED) is 0.778. The van der Waals surface area contributed by atoms with Crippen molar-refractivity contribution in [1.82, 2.24) is 20.4 Å². The fourth-order valence-electron chi connectivity index (χ4n) is 2.87. The second-order valence-electron chi connectivity index (χ2n) is 7.56. The number of H-pyrrole nitrogens is 1. The molecule has 2 heterocycles. The van der Waals surface area contributed by atoms with E-state index in [1.807, 2.05) is 6.92 Å². The molecule has 1 saturated heterocycles. The van der Waals surface area contributed by atoms with Crippen LogP contribution in [0.5, 0.6) is 0 Å². The van der Waals surface area contributed by atoms with Gasteiger partial charge >= 0.3 is 0 Å². The number of carbonyl (C=O) groups excluding carboxylic acids is 2. The van der Waals surface area contributed by atoms with Gasteiger partial charge in [-0.2, -0.15) is 5.10 Å². The Hall–Kier alpha value is -1.37. The number of aromatic amines is 1. The SMILES string of the molecule is CC(C)c1[nH]nc(C(=O)N2CCC(C(=O)NC(C)C(C)C)CC2)c1Br. The lowest BCUT2D eigenvalue weighted by atomic mass is 9.94. The van der Waals surface area contributed by atoms with Crippen LogP contribution in [0.1, 0.15) is 69.6 Å². The van der Waals surface area contributed by atoms with Crippen LogP contribution in [-0.4, -0.2) is 46.0 Å². The van der Waals surface area contributed by atoms with E-state index < -0.39 is 0 Å². The molecule has 0 aliphatic carbocycles. The average Bonchev–Trinajstić information content (AvgIpc) is 2.95. The zero-order valence-electron chi connectivity index (χ0n) is 15.7. The van der Waals surface area contributed by atoms with Gasteiger partial charge in [0.2, 0.25) is 5.91 Å². The van der Waals surface area contributed by atoms with Gasteiger partial charge in [0.15, 0.2) is 5.69 Å². The lowest BCUT2D eigenvalue weighted by molar-refractivity contribution is -0.127. The van der Waals surface area contributed by atoms with E-state index in [2.05, 4.69) is 59.1 Å². The zero-order valence-corrected chi connectivity index (χ0v) is 17.3. The first-order chi connectivity index (χ1) is 11.7. The number of aromatic nitrogens is 2. The number of hydrogen-bond acceptors (Lipinski definition) is 3. The minimum Gasteiger partial charge on any atom is -0.353 e. The predicted octanol–water partition coefficient (Wildman–Crippen LogP) is 3.31. The monoisotopic (exact) mass is 412 g/mol. The largest absolute Gasteiger partial charge is 0.353 e. The Morgan fingerprint density at radius 2 is 1.80 bits per heavy atom. The van der Waals surface area contributed by atoms with E-state index in [4.69, 9.17) is 0 Å². The molecule has 0 aromatic carbocycles. The first-order valence-electron chi connectivity index (χ1n) is 9.05. The number of hydrogen-bond donors (Lipinski definition) is 2. The van der Waals surface area contributed by atoms with Crippen LogP contribution in [0.2, 0.25) is 0 Å². The predicted molar refractivity (Wildman–Crippen MR) is 101 cm³/mol. The Balaban J connectivity index is 1.93. The van der Waals surface area contributed by atoms with Crippen LogP contribution in [0.15, 0.2) is 4.47 Å². The van der Waals surface area contributed by atoms with Crippen LogP contribution >= 0.6 is 15.9 Å². The Morgan fingerprint density at radius 1 is 1.20 bits per heavy atom. The number of carbonyl (C=O) groups is 2. The fraction of sp³-hybridized carbons (Fsp3) is 0.722. The molecule has 1 atom stereocenters. The van der Waals surface area contributed by atoms with Gasteiger partial charge < -0.3 is 10.2 Å². The molecule has 2 amide bonds. The summed E-state index contributed by atoms with van der Waals surface area (Å²) >= 11 is 3.49. The van der Waals surface area contributed by atoms with E-state index in [-0.39, 0.29) is 29.7 Å². The summed E-state index contributed by atoms with van der Waals surface area (Å²) in [5.74, 6) is 0.693. The Bertz CT molecular complexity index is 619. The summed E-state index contributed by atoms with van der Waals surface area (Å²) in [6, 6.07) is 0.168. The first-order valence-corrected chi connectivity index (χ1v) is 9.85. The molecule has 7 heteroatoms. The third-order valence-electron chi connectivity index (χ3n) is 5.04. The van der Waals surface area contributed by atoms with Crippen molar-refractivity contribution in [3.05, 3.63) is 15.9 Å². The third kappa shape index (κ3) is 4.63. The van der Waals surface area contributed by atoms with Crippen molar-refractivity contribution in [2.75, 3.05) is 13.1 Å². The van der Waals surface area contributed by atoms with Gasteiger partial charge in [-0.3, -0.25) is 14.7 Å². The summed E-state index contributed by atoms with van der Waals surface area (Å²) in [7, 11) is 0. The van der Waals surface area contributed by atoms with E-state index in [1.165, 1.54) is 0 Å². The molecule has 1 aromatic rings. The van der Waals surface area contributed by atoms with Crippen LogP contribution in [0.3, 0.4) is 0 Å². The summed E-state index contributed by atoms with van der Waals surface area (Å²) in [4.78, 5) is 26.9. The third-order valence-corrected chi connectivity index (χ3v) is 5.84. The lowest BCUT2D eigenvalue weighted by Crippen LogP contribution is -2.45. The summed E-state index contributed by atoms with van der Waals surface area (Å²) in [5, 5.41) is 10.2. The molecule has 1 aromatic heterocycles. The van der Waals surface area contributed by atoms with Crippen molar-refractivity contribution in [2.45, 2.75) is 59.4 Å². The van der Waals surface area contributed by atoms with E-state index >= 15 is 0 Å². The van der Waals surface area contributed by atoms with Gasteiger partial charge in [0.05, 0.1) is 10.2 Å². The molecular weight excluding hydrogens is 384 g/mol. The van der Waals surface area contributed by atoms with Crippen molar-refractivity contribution >= 4 is 27.7 Å². The smallest absolute Gasteiger partial charge is 0.275 e. The standard InChI is InChI=1S/C18H29BrN4O2/c1-10(2)12(5)20-17(24)13-6-8-23(9-7-13)18(25)16-14(19)15(11(3)4)21-22-16/h10-13H,6-9H2,1-5H3,(H,20,24)(H,21,22). The molecule has 25 heavy (non-hydrogen) atoms. The number of amides is 2. The fourth-order valence-corrected chi connectivity index (χ4v) is 3.67. The van der Waals surface area contributed by atoms with Gasteiger partial charge in [-0.05, 0) is 47.5 Å². The van der Waals surface area contributed by atoms with Gasteiger partial charge in [-0.1, -0.05) is 27.7 Å². The van der Waals surface area contributed by atoms with Crippen LogP contribution in [0.4, 0.5) is 0 Å². The molecule has 6 nitrogen and oxygen atoms in total. The Morgan fingerprint density at radius 3 is 2.28 bits per heavy atom. The molecule has 1 aliphatic heterocycles. The molecule has 0 saturated carbocycles. The van der Waals surface area contributed by atoms with Crippen LogP contribution in [0, 0.1) is 11.8 Å². The molecule has 140 valence electrons. The maximum atomic E-state index is 12.7. The summed E-state index contributed by atoms with van der Waals surface area (Å²) in [6.07, 6.45) is 1.39. The molecule has 0 bridgehead atoms. The van der Waals surface area contributed by atoms with E-state index in [1.54, 1.807) is 4.90 Å². The van der Waals surface area contributed by atoms with E-state index in [0.717, 1.165) is 10.2 Å². The van der Waals surface area contributed by atoms with Crippen molar-refractivity contribution in [1.29, 1.82) is 0 Å². The summed E-state index contributed by atoms with van der Waals surface area (Å²) < 4.78 is 0.748. The van der Waals surface area contributed by atoms with Crippen molar-refractivity contribution in [2.24, 2.45) is 11.8 Å². The molecule has 1 unspecified atom stereocenters. The highest BCUT2D eigenvalue weighted by molar-refractivity contribution is 9.10. The molecule has 0 spiro atoms. The Labute approximate surface area is 158 Å². The van der Waals surface area contributed by atoms with Crippen LogP contribution in [0.25, 0.3) is 0 Å². The van der Waals surface area contributed by atoms with E-state index in [0.29, 0.717) is 37.5 Å². The molecule has 1 fully saturated rings. The van der Waals surface area contributed by atoms with Gasteiger partial charge in [0, 0.05) is 25.0 Å². The molecule has 2 N–H and O–H groups in total. The van der Waals surface area contributed by atoms with Crippen molar-refractivity contribution in [3.63, 3.8) is 0 Å². The van der Waals surface area contributed by atoms with Crippen LogP contribution < -0.4 is 5.32 Å². The van der Waals surface area contributed by atoms with Gasteiger partial charge in [0.1, 0.15) is 0 Å². The van der Waals surface area contributed by atoms with Gasteiger partial charge in [-0.25, -0.2) is 0 Å². The minimum absolute atomic E-state index is 0.0147. The maximum Gasteiger partial charge on any atom is 0.275 e. The van der Waals surface area contributed by atoms with E-state index in [9.17, 15) is 9.59 Å². The molecule has 0 radical (unpaired) electrons. The number of piperidine rings is 1. The first kappa shape index (κ1) is 19.9. The second kappa shape index (κ2) is 8.34. The second-order valence-corrected chi connectivity index (χ2v) is 8.36. The maximum absolute atomic E-state index is 12.7. The molecule has 2 rings (SSSR count). The normalized spacial score (nSPS) is 17.2. The highest BCUT2D eigenvalue weighted by atomic mass is 79.9. The van der Waals surface area contributed by atoms with Gasteiger partial charge in [0.25, 0.3) is 5.91 Å². The number of halogens is 1. The Kier molecular flexibility index (Phi) is 6.65. The molecule has 1 aliphatic rings. The minimum atomic E-state index is -0.0792.